The summed E-state index contributed by atoms with van der Waals surface area (Å²) in [6, 6.07) is 46.7. The van der Waals surface area contributed by atoms with Crippen molar-refractivity contribution in [2.45, 2.75) is 79.1 Å². The van der Waals surface area contributed by atoms with Crippen LogP contribution in [0, 0.1) is 0 Å². The topological polar surface area (TPSA) is 275 Å². The molecule has 22 nitrogen and oxygen atoms in total. The highest BCUT2D eigenvalue weighted by atomic mass is 16.6. The van der Waals surface area contributed by atoms with E-state index in [-0.39, 0.29) is 184 Å². The number of fused-ring (bicyclic) bond motifs is 2. The molecular formula is C92H80N4O18. The number of amides is 6. The summed E-state index contributed by atoms with van der Waals surface area (Å²) < 4.78 is 51.4. The Hall–Kier alpha value is -14.0. The number of aryl methyl sites for hydroxylation is 2. The number of carbonyl (C=O) groups excluding carboxylic acids is 10. The van der Waals surface area contributed by atoms with Crippen LogP contribution < -0.4 is 48.5 Å². The van der Waals surface area contributed by atoms with Crippen LogP contribution in [0.2, 0.25) is 0 Å². The molecule has 0 aromatic heterocycles. The lowest BCUT2D eigenvalue weighted by molar-refractivity contribution is -0.135. The Morgan fingerprint density at radius 1 is 0.333 bits per heavy atom. The molecule has 0 unspecified atom stereocenters. The fraction of sp³-hybridized carbons (Fsp3) is 0.196. The van der Waals surface area contributed by atoms with Gasteiger partial charge in [0.25, 0.3) is 23.6 Å². The van der Waals surface area contributed by atoms with Gasteiger partial charge in [0, 0.05) is 80.2 Å². The predicted octanol–water partition coefficient (Wildman–Crippen LogP) is 16.7. The summed E-state index contributed by atoms with van der Waals surface area (Å²) in [7, 11) is 2.79. The second kappa shape index (κ2) is 33.7. The molecule has 0 aliphatic carbocycles. The minimum Gasteiger partial charge on any atom is -0.493 e. The SMILES string of the molecule is C=C(C)C(=O)CCCc1ccc(Oc2cc3c4c(cc(Oc5ccc(CCCC(=O)C(=C)C)cc5)c5c6c(Oc7ccc(CCNC(=O)C(=C)C)cc7)cc7c8c(cc(Oc9ccc(CCNC(=O)C(=C)C)cc9)c(c2c45)c86)C(=O)N(CC(=O)Oc2ccccc2OC)C7=O)C(=O)N(CC(=O)Oc2ccccc2OC)C3=O)cc1. The standard InChI is InChI=1S/C92H80N4O18/c1-51(2)67(97)19-15-17-55-25-33-59(34-26-55)109-73-45-63-79-64(90(104)95(89(63)103)49-77(99)113-71-23-13-11-21-69(71)107-9)46-74(110-60-35-27-56(28-36-60)18-16-20-68(98)52(3)4)82-84-76(112-62-39-31-58(32-40-62)42-44-94-88(102)54(7)8)48-66-80-65(91(105)96(92(66)106)50-78(100)114-72-24-14-12-22-70(72)108-10)47-75(83(86(80)84)81(73)85(79)82)111-61-37-29-57(30-38-61)41-43-93-87(101)53(5)6/h11-14,21-40,45-48H,1,3,5,7,15-20,41-44,49-50H2,2,4,6,8-10H3,(H,93,101)(H,94,102). The van der Waals surface area contributed by atoms with Gasteiger partial charge in [0.1, 0.15) is 59.1 Å². The summed E-state index contributed by atoms with van der Waals surface area (Å²) in [5.41, 5.74) is 4.35. The van der Waals surface area contributed by atoms with Crippen molar-refractivity contribution in [1.82, 2.24) is 20.4 Å². The minimum atomic E-state index is -1.01. The third-order valence-electron chi connectivity index (χ3n) is 19.7. The third-order valence-corrected chi connectivity index (χ3v) is 19.7. The van der Waals surface area contributed by atoms with E-state index in [9.17, 15) is 28.8 Å². The Labute approximate surface area is 656 Å². The number of rotatable bonds is 34. The van der Waals surface area contributed by atoms with Crippen LogP contribution in [0.25, 0.3) is 43.1 Å². The normalized spacial score (nSPS) is 12.2. The molecular weight excluding hydrogens is 1450 g/mol. The molecule has 6 amide bonds. The second-order valence-corrected chi connectivity index (χ2v) is 28.0. The van der Waals surface area contributed by atoms with Crippen LogP contribution in [0.4, 0.5) is 0 Å². The van der Waals surface area contributed by atoms with Crippen LogP contribution in [0.15, 0.2) is 218 Å². The molecule has 0 radical (unpaired) electrons. The summed E-state index contributed by atoms with van der Waals surface area (Å²) in [5.74, 6) is -5.43. The first-order valence-corrected chi connectivity index (χ1v) is 36.9. The van der Waals surface area contributed by atoms with Gasteiger partial charge in [0.15, 0.2) is 34.6 Å². The van der Waals surface area contributed by atoms with Gasteiger partial charge in [-0.25, -0.2) is 9.59 Å². The van der Waals surface area contributed by atoms with Crippen LogP contribution in [0.5, 0.6) is 69.0 Å². The number of imide groups is 2. The first kappa shape index (κ1) is 78.1. The van der Waals surface area contributed by atoms with Crippen LogP contribution in [0.3, 0.4) is 0 Å². The van der Waals surface area contributed by atoms with Gasteiger partial charge in [-0.2, -0.15) is 0 Å². The number of esters is 2. The third kappa shape index (κ3) is 16.5. The summed E-state index contributed by atoms with van der Waals surface area (Å²) in [6.45, 7) is 20.4. The lowest BCUT2D eigenvalue weighted by atomic mass is 9.80. The van der Waals surface area contributed by atoms with Gasteiger partial charge in [-0.3, -0.25) is 48.2 Å². The molecule has 13 rings (SSSR count). The minimum absolute atomic E-state index is 0.0148. The Morgan fingerprint density at radius 3 is 0.868 bits per heavy atom. The van der Waals surface area contributed by atoms with Crippen LogP contribution in [-0.2, 0) is 54.5 Å². The van der Waals surface area contributed by atoms with Crippen LogP contribution in [0.1, 0.15) is 117 Å². The smallest absolute Gasteiger partial charge is 0.331 e. The number of carbonyl (C=O) groups is 10. The zero-order valence-corrected chi connectivity index (χ0v) is 63.7. The molecule has 0 atom stereocenters. The number of allylic oxidation sites excluding steroid dienone is 2. The van der Waals surface area contributed by atoms with Gasteiger partial charge in [-0.15, -0.1) is 0 Å². The molecule has 2 heterocycles. The van der Waals surface area contributed by atoms with E-state index >= 15 is 19.2 Å². The zero-order chi connectivity index (χ0) is 80.8. The summed E-state index contributed by atoms with van der Waals surface area (Å²) in [4.78, 5) is 145. The van der Waals surface area contributed by atoms with Crippen molar-refractivity contribution in [2.75, 3.05) is 40.4 Å². The first-order valence-electron chi connectivity index (χ1n) is 36.9. The van der Waals surface area contributed by atoms with E-state index in [0.717, 1.165) is 32.1 Å². The number of ether oxygens (including phenoxy) is 8. The molecule has 0 saturated carbocycles. The van der Waals surface area contributed by atoms with E-state index in [1.54, 1.807) is 137 Å². The highest BCUT2D eigenvalue weighted by Gasteiger charge is 2.43. The van der Waals surface area contributed by atoms with E-state index in [1.165, 1.54) is 50.6 Å². The number of benzene rings is 11. The van der Waals surface area contributed by atoms with Crippen LogP contribution >= 0.6 is 0 Å². The maximum Gasteiger partial charge on any atom is 0.331 e. The average Bonchev–Trinajstić information content (AvgIpc) is 0.671. The molecule has 11 aromatic carbocycles. The summed E-state index contributed by atoms with van der Waals surface area (Å²) in [6.07, 6.45) is 3.39. The van der Waals surface area contributed by atoms with E-state index in [2.05, 4.69) is 36.9 Å². The first-order chi connectivity index (χ1) is 54.9. The molecule has 11 aromatic rings. The van der Waals surface area contributed by atoms with Crippen LogP contribution in [-0.4, -0.2) is 109 Å². The van der Waals surface area contributed by atoms with E-state index in [4.69, 9.17) is 37.9 Å². The number of para-hydroxylation sites is 4. The van der Waals surface area contributed by atoms with Crippen molar-refractivity contribution < 1.29 is 85.8 Å². The highest BCUT2D eigenvalue weighted by molar-refractivity contribution is 6.45. The Morgan fingerprint density at radius 2 is 0.605 bits per heavy atom. The molecule has 114 heavy (non-hydrogen) atoms. The molecule has 0 saturated heterocycles. The predicted molar refractivity (Wildman–Crippen MR) is 430 cm³/mol. The van der Waals surface area contributed by atoms with Crippen molar-refractivity contribution in [3.8, 4) is 69.0 Å². The Kier molecular flexibility index (Phi) is 23.1. The van der Waals surface area contributed by atoms with Gasteiger partial charge in [0.2, 0.25) is 11.8 Å². The second-order valence-electron chi connectivity index (χ2n) is 28.0. The van der Waals surface area contributed by atoms with Crippen molar-refractivity contribution in [3.05, 3.63) is 263 Å². The largest absolute Gasteiger partial charge is 0.493 e. The van der Waals surface area contributed by atoms with Gasteiger partial charge >= 0.3 is 11.9 Å². The van der Waals surface area contributed by atoms with Gasteiger partial charge < -0.3 is 48.5 Å². The summed E-state index contributed by atoms with van der Waals surface area (Å²) in [5, 5.41) is 6.69. The van der Waals surface area contributed by atoms with Crippen molar-refractivity contribution in [1.29, 1.82) is 0 Å². The number of hydrogen-bond acceptors (Lipinski definition) is 18. The lowest BCUT2D eigenvalue weighted by Gasteiger charge is -2.32. The highest BCUT2D eigenvalue weighted by Crippen LogP contribution is 2.58. The molecule has 22 heteroatoms. The van der Waals surface area contributed by atoms with Gasteiger partial charge in [-0.1, -0.05) is 99.1 Å². The number of nitrogens with zero attached hydrogens (tertiary/aromatic N) is 2. The van der Waals surface area contributed by atoms with Gasteiger partial charge in [0.05, 0.1) is 36.5 Å². The average molecular weight is 1530 g/mol. The summed E-state index contributed by atoms with van der Waals surface area (Å²) >= 11 is 0. The quantitative estimate of drug-likeness (QED) is 0.00947. The van der Waals surface area contributed by atoms with Crippen molar-refractivity contribution >= 4 is 102 Å². The fourth-order valence-electron chi connectivity index (χ4n) is 13.9. The van der Waals surface area contributed by atoms with Crippen molar-refractivity contribution in [3.63, 3.8) is 0 Å². The molecule has 2 N–H and O–H groups in total. The Balaban J connectivity index is 1.11. The molecule has 0 spiro atoms. The molecule has 2 aliphatic heterocycles. The number of methoxy groups -OCH3 is 2. The molecule has 576 valence electrons. The van der Waals surface area contributed by atoms with Crippen molar-refractivity contribution in [2.24, 2.45) is 0 Å². The van der Waals surface area contributed by atoms with E-state index in [0.29, 0.717) is 60.8 Å². The Bertz CT molecular complexity index is 5180. The monoisotopic (exact) mass is 1530 g/mol. The zero-order valence-electron chi connectivity index (χ0n) is 63.7. The van der Waals surface area contributed by atoms with Gasteiger partial charge in [-0.05, 0) is 197 Å². The molecule has 2 aliphatic rings. The molecule has 0 bridgehead atoms. The maximum absolute atomic E-state index is 16.0. The lowest BCUT2D eigenvalue weighted by Crippen LogP contribution is -2.44. The number of hydrogen-bond donors (Lipinski definition) is 2. The number of nitrogens with one attached hydrogen (secondary N) is 2. The fourth-order valence-corrected chi connectivity index (χ4v) is 13.9. The van der Waals surface area contributed by atoms with E-state index < -0.39 is 48.7 Å². The maximum atomic E-state index is 16.0. The van der Waals surface area contributed by atoms with E-state index in [1.807, 2.05) is 24.3 Å². The number of ketones is 2. The number of Topliss-reactive ketones (excluding diaryl/α,β-unsaturated/α-hetero) is 2. The molecule has 0 fully saturated rings.